The molecule has 0 N–H and O–H groups in total. The van der Waals surface area contributed by atoms with Crippen LogP contribution in [-0.2, 0) is 0 Å². The maximum absolute atomic E-state index is 13.2. The summed E-state index contributed by atoms with van der Waals surface area (Å²) in [6.45, 7) is 2.15. The number of fused-ring (bicyclic) bond motifs is 1. The first-order valence-electron chi connectivity index (χ1n) is 8.51. The minimum absolute atomic E-state index is 0.0135. The Bertz CT molecular complexity index is 1020. The Labute approximate surface area is 147 Å². The monoisotopic (exact) mass is 325 g/mol. The van der Waals surface area contributed by atoms with Crippen LogP contribution < -0.4 is 0 Å². The highest BCUT2D eigenvalue weighted by molar-refractivity contribution is 6.03. The first-order chi connectivity index (χ1) is 12.3. The van der Waals surface area contributed by atoms with Crippen molar-refractivity contribution in [1.82, 2.24) is 4.57 Å². The van der Waals surface area contributed by atoms with Crippen LogP contribution in [0.3, 0.4) is 0 Å². The van der Waals surface area contributed by atoms with E-state index in [1.54, 1.807) is 0 Å². The summed E-state index contributed by atoms with van der Waals surface area (Å²) in [5.74, 6) is 0.140. The Morgan fingerprint density at radius 2 is 1.40 bits per heavy atom. The van der Waals surface area contributed by atoms with E-state index in [4.69, 9.17) is 0 Å². The molecule has 4 aromatic rings. The van der Waals surface area contributed by atoms with Crippen LogP contribution in [0.4, 0.5) is 0 Å². The molecule has 0 spiro atoms. The van der Waals surface area contributed by atoms with Gasteiger partial charge in [-0.2, -0.15) is 0 Å². The minimum atomic E-state index is 0.0135. The van der Waals surface area contributed by atoms with Crippen LogP contribution in [0.15, 0.2) is 91.0 Å². The Morgan fingerprint density at radius 3 is 2.12 bits per heavy atom. The average molecular weight is 325 g/mol. The maximum Gasteiger partial charge on any atom is 0.262 e. The van der Waals surface area contributed by atoms with Gasteiger partial charge in [-0.25, -0.2) is 0 Å². The highest BCUT2D eigenvalue weighted by Crippen LogP contribution is 2.30. The molecular weight excluding hydrogens is 306 g/mol. The summed E-state index contributed by atoms with van der Waals surface area (Å²) in [7, 11) is 0. The Hall–Kier alpha value is -3.13. The Kier molecular flexibility index (Phi) is 3.95. The van der Waals surface area contributed by atoms with Gasteiger partial charge in [0.15, 0.2) is 0 Å². The van der Waals surface area contributed by atoms with E-state index in [-0.39, 0.29) is 11.8 Å². The highest BCUT2D eigenvalue weighted by Gasteiger charge is 2.21. The number of benzene rings is 3. The van der Waals surface area contributed by atoms with Crippen molar-refractivity contribution >= 4 is 16.8 Å². The van der Waals surface area contributed by atoms with Gasteiger partial charge in [0.05, 0.1) is 5.52 Å². The van der Waals surface area contributed by atoms with Crippen LogP contribution in [0.5, 0.6) is 0 Å². The Morgan fingerprint density at radius 1 is 0.800 bits per heavy atom. The largest absolute Gasteiger partial charge is 0.280 e. The lowest BCUT2D eigenvalue weighted by Crippen LogP contribution is -2.16. The zero-order chi connectivity index (χ0) is 17.2. The second-order valence-electron chi connectivity index (χ2n) is 6.27. The number of hydrogen-bond donors (Lipinski definition) is 0. The highest BCUT2D eigenvalue weighted by atomic mass is 16.2. The molecule has 0 aliphatic heterocycles. The van der Waals surface area contributed by atoms with Gasteiger partial charge in [-0.1, -0.05) is 73.7 Å². The minimum Gasteiger partial charge on any atom is -0.280 e. The molecule has 0 radical (unpaired) electrons. The smallest absolute Gasteiger partial charge is 0.262 e. The lowest BCUT2D eigenvalue weighted by Gasteiger charge is -2.16. The molecule has 2 nitrogen and oxygen atoms in total. The van der Waals surface area contributed by atoms with Crippen LogP contribution in [0.2, 0.25) is 0 Å². The Balaban J connectivity index is 1.91. The lowest BCUT2D eigenvalue weighted by molar-refractivity contribution is 0.0961. The molecular formula is C23H19NO. The third-order valence-electron chi connectivity index (χ3n) is 4.71. The maximum atomic E-state index is 13.2. The van der Waals surface area contributed by atoms with E-state index in [1.165, 1.54) is 5.56 Å². The van der Waals surface area contributed by atoms with Crippen molar-refractivity contribution in [1.29, 1.82) is 0 Å². The van der Waals surface area contributed by atoms with Gasteiger partial charge < -0.3 is 0 Å². The molecule has 0 bridgehead atoms. The molecule has 122 valence electrons. The summed E-state index contributed by atoms with van der Waals surface area (Å²) in [6.07, 6.45) is 0. The quantitative estimate of drug-likeness (QED) is 0.489. The SMILES string of the molecule is CC(c1ccccc1)c1cc2ccccc2n1C(=O)c1ccccc1. The predicted molar refractivity (Wildman–Crippen MR) is 102 cm³/mol. The number of nitrogens with zero attached hydrogens (tertiary/aromatic N) is 1. The van der Waals surface area contributed by atoms with Crippen LogP contribution in [0.1, 0.15) is 34.5 Å². The van der Waals surface area contributed by atoms with Crippen molar-refractivity contribution in [2.24, 2.45) is 0 Å². The van der Waals surface area contributed by atoms with E-state index in [2.05, 4.69) is 31.2 Å². The molecule has 1 unspecified atom stereocenters. The predicted octanol–water partition coefficient (Wildman–Crippen LogP) is 5.48. The molecule has 1 aromatic heterocycles. The van der Waals surface area contributed by atoms with Crippen molar-refractivity contribution in [3.05, 3.63) is 108 Å². The molecule has 0 aliphatic rings. The second-order valence-corrected chi connectivity index (χ2v) is 6.27. The second kappa shape index (κ2) is 6.40. The summed E-state index contributed by atoms with van der Waals surface area (Å²) < 4.78 is 1.86. The molecule has 2 heteroatoms. The van der Waals surface area contributed by atoms with Crippen LogP contribution >= 0.6 is 0 Å². The van der Waals surface area contributed by atoms with E-state index in [1.807, 2.05) is 71.3 Å². The van der Waals surface area contributed by atoms with Crippen molar-refractivity contribution in [3.63, 3.8) is 0 Å². The van der Waals surface area contributed by atoms with Gasteiger partial charge in [0.2, 0.25) is 0 Å². The molecule has 0 fully saturated rings. The normalized spacial score (nSPS) is 12.2. The van der Waals surface area contributed by atoms with Crippen molar-refractivity contribution in [2.75, 3.05) is 0 Å². The van der Waals surface area contributed by atoms with Crippen molar-refractivity contribution in [2.45, 2.75) is 12.8 Å². The summed E-state index contributed by atoms with van der Waals surface area (Å²) in [4.78, 5) is 13.2. The fourth-order valence-corrected chi connectivity index (χ4v) is 3.34. The van der Waals surface area contributed by atoms with Gasteiger partial charge >= 0.3 is 0 Å². The molecule has 0 amide bonds. The third-order valence-corrected chi connectivity index (χ3v) is 4.71. The molecule has 0 saturated carbocycles. The van der Waals surface area contributed by atoms with E-state index in [9.17, 15) is 4.79 Å². The molecule has 1 heterocycles. The van der Waals surface area contributed by atoms with Gasteiger partial charge in [-0.15, -0.1) is 0 Å². The third kappa shape index (κ3) is 2.76. The molecule has 3 aromatic carbocycles. The van der Waals surface area contributed by atoms with Gasteiger partial charge in [-0.05, 0) is 29.8 Å². The standard InChI is InChI=1S/C23H19NO/c1-17(18-10-4-2-5-11-18)22-16-20-14-8-9-15-21(20)24(22)23(25)19-12-6-3-7-13-19/h2-17H,1H3. The van der Waals surface area contributed by atoms with Gasteiger partial charge in [0.1, 0.15) is 0 Å². The topological polar surface area (TPSA) is 22.0 Å². The first kappa shape index (κ1) is 15.4. The molecule has 1 atom stereocenters. The van der Waals surface area contributed by atoms with Crippen molar-refractivity contribution < 1.29 is 4.79 Å². The molecule has 0 saturated heterocycles. The van der Waals surface area contributed by atoms with E-state index in [0.717, 1.165) is 16.6 Å². The summed E-state index contributed by atoms with van der Waals surface area (Å²) in [5, 5.41) is 1.09. The van der Waals surface area contributed by atoms with Gasteiger partial charge in [0, 0.05) is 22.6 Å². The van der Waals surface area contributed by atoms with Gasteiger partial charge in [0.25, 0.3) is 5.91 Å². The fraction of sp³-hybridized carbons (Fsp3) is 0.0870. The zero-order valence-corrected chi connectivity index (χ0v) is 14.1. The summed E-state index contributed by atoms with van der Waals surface area (Å²) >= 11 is 0. The molecule has 25 heavy (non-hydrogen) atoms. The van der Waals surface area contributed by atoms with Crippen LogP contribution in [0, 0.1) is 0 Å². The summed E-state index contributed by atoms with van der Waals surface area (Å²) in [6, 6.07) is 30.0. The lowest BCUT2D eigenvalue weighted by atomic mass is 9.97. The number of aromatic nitrogens is 1. The number of hydrogen-bond acceptors (Lipinski definition) is 1. The zero-order valence-electron chi connectivity index (χ0n) is 14.1. The first-order valence-corrected chi connectivity index (χ1v) is 8.51. The van der Waals surface area contributed by atoms with E-state index in [0.29, 0.717) is 5.56 Å². The van der Waals surface area contributed by atoms with E-state index >= 15 is 0 Å². The van der Waals surface area contributed by atoms with Gasteiger partial charge in [-0.3, -0.25) is 9.36 Å². The van der Waals surface area contributed by atoms with Crippen molar-refractivity contribution in [3.8, 4) is 0 Å². The molecule has 4 rings (SSSR count). The fourth-order valence-electron chi connectivity index (χ4n) is 3.34. The molecule has 0 aliphatic carbocycles. The van der Waals surface area contributed by atoms with Crippen LogP contribution in [-0.4, -0.2) is 10.5 Å². The average Bonchev–Trinajstić information content (AvgIpc) is 3.07. The number of carbonyl (C=O) groups excluding carboxylic acids is 1. The van der Waals surface area contributed by atoms with E-state index < -0.39 is 0 Å². The van der Waals surface area contributed by atoms with Crippen LogP contribution in [0.25, 0.3) is 10.9 Å². The summed E-state index contributed by atoms with van der Waals surface area (Å²) in [5.41, 5.74) is 3.87. The number of carbonyl (C=O) groups is 1. The number of rotatable bonds is 3. The number of para-hydroxylation sites is 1.